The van der Waals surface area contributed by atoms with E-state index in [9.17, 15) is 17.5 Å². The largest absolute Gasteiger partial charge is 0.593 e. The third-order valence-electron chi connectivity index (χ3n) is 4.41. The van der Waals surface area contributed by atoms with Crippen LogP contribution in [-0.2, 0) is 29.2 Å². The van der Waals surface area contributed by atoms with Crippen molar-refractivity contribution in [3.05, 3.63) is 48.5 Å². The van der Waals surface area contributed by atoms with Crippen LogP contribution in [0.5, 0.6) is 0 Å². The van der Waals surface area contributed by atoms with Crippen molar-refractivity contribution in [2.75, 3.05) is 37.6 Å². The van der Waals surface area contributed by atoms with Crippen molar-refractivity contribution in [3.63, 3.8) is 0 Å². The highest BCUT2D eigenvalue weighted by atomic mass is 32.3. The number of hydrogen-bond donors (Lipinski definition) is 2. The molecule has 0 radical (unpaired) electrons. The van der Waals surface area contributed by atoms with E-state index in [1.54, 1.807) is 24.3 Å². The van der Waals surface area contributed by atoms with Gasteiger partial charge in [0.05, 0.1) is 13.1 Å². The van der Waals surface area contributed by atoms with Crippen molar-refractivity contribution in [3.8, 4) is 0 Å². The smallest absolute Gasteiger partial charge is 0.177 e. The Hall–Kier alpha value is -1.82. The fraction of sp³-hybridized carbons (Fsp3) is 0.294. The number of anilines is 2. The van der Waals surface area contributed by atoms with E-state index in [2.05, 4.69) is 0 Å². The minimum absolute atomic E-state index is 0.0681. The molecular formula is C17H22N4O4S2. The van der Waals surface area contributed by atoms with Gasteiger partial charge in [-0.25, -0.2) is 0 Å². The van der Waals surface area contributed by atoms with Crippen LogP contribution >= 0.6 is 0 Å². The minimum atomic E-state index is -3.74. The first-order valence-corrected chi connectivity index (χ1v) is 11.3. The van der Waals surface area contributed by atoms with Gasteiger partial charge in [-0.3, -0.25) is 0 Å². The van der Waals surface area contributed by atoms with Crippen LogP contribution in [0.4, 0.5) is 11.4 Å². The molecule has 146 valence electrons. The van der Waals surface area contributed by atoms with Gasteiger partial charge >= 0.3 is 0 Å². The second-order valence-corrected chi connectivity index (χ2v) is 10.2. The highest BCUT2D eigenvalue weighted by Gasteiger charge is 2.37. The molecule has 4 N–H and O–H groups in total. The zero-order chi connectivity index (χ0) is 19.7. The minimum Gasteiger partial charge on any atom is -0.593 e. The number of nitrogens with zero attached hydrogens (tertiary/aromatic N) is 2. The lowest BCUT2D eigenvalue weighted by Crippen LogP contribution is -2.42. The summed E-state index contributed by atoms with van der Waals surface area (Å²) < 4.78 is 54.0. The maximum Gasteiger partial charge on any atom is 0.177 e. The van der Waals surface area contributed by atoms with Gasteiger partial charge in [-0.05, 0) is 30.7 Å². The summed E-state index contributed by atoms with van der Waals surface area (Å²) >= 11 is 0. The first-order chi connectivity index (χ1) is 12.7. The summed E-state index contributed by atoms with van der Waals surface area (Å²) in [6, 6.07) is 12.2. The molecule has 27 heavy (non-hydrogen) atoms. The molecule has 1 fully saturated rings. The second-order valence-electron chi connectivity index (χ2n) is 6.31. The van der Waals surface area contributed by atoms with Crippen LogP contribution in [0.1, 0.15) is 6.42 Å². The molecule has 1 saturated heterocycles. The van der Waals surface area contributed by atoms with Crippen LogP contribution in [0, 0.1) is 0 Å². The first-order valence-electron chi connectivity index (χ1n) is 8.43. The summed E-state index contributed by atoms with van der Waals surface area (Å²) in [5.74, 6) is 0. The van der Waals surface area contributed by atoms with Crippen LogP contribution in [-0.4, -0.2) is 43.9 Å². The SMILES string of the molecule is Nc1cccc([S+](=O)([O-])N2CCCN([S+](=O)([O-])c3cccc(N)c3)CC2)c1. The lowest BCUT2D eigenvalue weighted by atomic mass is 10.3. The molecule has 2 unspecified atom stereocenters. The van der Waals surface area contributed by atoms with E-state index in [1.807, 2.05) is 0 Å². The van der Waals surface area contributed by atoms with Crippen LogP contribution < -0.4 is 11.5 Å². The standard InChI is InChI=1S/C17H22N4O4S2/c18-14-4-1-6-16(12-14)26(22,23)20-8-3-9-21(11-10-20)27(24,25)17-7-2-5-15(19)13-17/h1-2,4-7,12-13H,3,8-11,18-19H2. The maximum atomic E-state index is 12.8. The van der Waals surface area contributed by atoms with E-state index >= 15 is 0 Å². The molecule has 0 saturated carbocycles. The van der Waals surface area contributed by atoms with E-state index in [4.69, 9.17) is 11.5 Å². The highest BCUT2D eigenvalue weighted by Crippen LogP contribution is 2.28. The van der Waals surface area contributed by atoms with Gasteiger partial charge in [0.2, 0.25) is 0 Å². The molecule has 0 bridgehead atoms. The van der Waals surface area contributed by atoms with Crippen LogP contribution in [0.3, 0.4) is 0 Å². The third kappa shape index (κ3) is 4.21. The zero-order valence-corrected chi connectivity index (χ0v) is 16.3. The van der Waals surface area contributed by atoms with Crippen LogP contribution in [0.25, 0.3) is 0 Å². The summed E-state index contributed by atoms with van der Waals surface area (Å²) in [5.41, 5.74) is 12.1. The Kier molecular flexibility index (Phi) is 5.65. The molecule has 0 amide bonds. The quantitative estimate of drug-likeness (QED) is 0.576. The lowest BCUT2D eigenvalue weighted by molar-refractivity contribution is 0.345. The van der Waals surface area contributed by atoms with Crippen LogP contribution in [0.15, 0.2) is 58.3 Å². The van der Waals surface area contributed by atoms with E-state index in [-0.39, 0.29) is 36.0 Å². The normalized spacial score (nSPS) is 21.1. The number of nitrogen functional groups attached to an aromatic ring is 2. The molecule has 3 rings (SSSR count). The molecule has 1 aliphatic heterocycles. The average molecular weight is 411 g/mol. The molecule has 10 heteroatoms. The van der Waals surface area contributed by atoms with Gasteiger partial charge in [-0.1, -0.05) is 20.6 Å². The number of nitrogens with two attached hydrogens (primary N) is 2. The summed E-state index contributed by atoms with van der Waals surface area (Å²) in [5, 5.41) is 0. The van der Waals surface area contributed by atoms with Crippen molar-refractivity contribution >= 4 is 32.2 Å². The second kappa shape index (κ2) is 7.66. The Balaban J connectivity index is 1.79. The summed E-state index contributed by atoms with van der Waals surface area (Å²) in [4.78, 5) is 0.212. The van der Waals surface area contributed by atoms with Crippen molar-refractivity contribution < 1.29 is 17.5 Å². The van der Waals surface area contributed by atoms with Gasteiger partial charge in [0.1, 0.15) is 0 Å². The molecule has 0 aliphatic carbocycles. The van der Waals surface area contributed by atoms with Gasteiger partial charge < -0.3 is 20.6 Å². The predicted octanol–water partition coefficient (Wildman–Crippen LogP) is 1.37. The average Bonchev–Trinajstić information content (AvgIpc) is 2.89. The van der Waals surface area contributed by atoms with E-state index < -0.39 is 20.8 Å². The topological polar surface area (TPSA) is 139 Å². The van der Waals surface area contributed by atoms with Crippen molar-refractivity contribution in [1.82, 2.24) is 8.61 Å². The maximum absolute atomic E-state index is 12.8. The van der Waals surface area contributed by atoms with Crippen molar-refractivity contribution in [2.24, 2.45) is 0 Å². The summed E-state index contributed by atoms with van der Waals surface area (Å²) in [6.45, 7) is 0.609. The summed E-state index contributed by atoms with van der Waals surface area (Å²) in [6.07, 6.45) is 0.392. The molecule has 2 aromatic rings. The van der Waals surface area contributed by atoms with Gasteiger partial charge in [-0.15, -0.1) is 8.61 Å². The van der Waals surface area contributed by atoms with Crippen molar-refractivity contribution in [1.29, 1.82) is 0 Å². The molecule has 2 aromatic carbocycles. The molecule has 1 heterocycles. The fourth-order valence-corrected chi connectivity index (χ4v) is 6.05. The third-order valence-corrected chi connectivity index (χ3v) is 8.19. The molecule has 1 aliphatic rings. The Morgan fingerprint density at radius 2 is 1.15 bits per heavy atom. The molecule has 8 nitrogen and oxygen atoms in total. The van der Waals surface area contributed by atoms with Crippen molar-refractivity contribution in [2.45, 2.75) is 16.2 Å². The Labute approximate surface area is 160 Å². The van der Waals surface area contributed by atoms with E-state index in [0.29, 0.717) is 17.8 Å². The number of sulfonamides is 2. The van der Waals surface area contributed by atoms with Gasteiger partial charge in [0.25, 0.3) is 0 Å². The lowest BCUT2D eigenvalue weighted by Gasteiger charge is -2.27. The van der Waals surface area contributed by atoms with Gasteiger partial charge in [0.15, 0.2) is 30.6 Å². The fourth-order valence-electron chi connectivity index (χ4n) is 3.00. The first kappa shape index (κ1) is 19.9. The number of hydrogen-bond acceptors (Lipinski definition) is 6. The zero-order valence-electron chi connectivity index (χ0n) is 14.7. The summed E-state index contributed by atoms with van der Waals surface area (Å²) in [7, 11) is -7.47. The molecule has 0 aromatic heterocycles. The number of rotatable bonds is 4. The Morgan fingerprint density at radius 3 is 1.52 bits per heavy atom. The van der Waals surface area contributed by atoms with E-state index in [1.165, 1.54) is 32.9 Å². The number of benzene rings is 2. The van der Waals surface area contributed by atoms with Gasteiger partial charge in [-0.2, -0.15) is 0 Å². The molecular weight excluding hydrogens is 388 g/mol. The van der Waals surface area contributed by atoms with Gasteiger partial charge in [0, 0.05) is 36.6 Å². The Morgan fingerprint density at radius 1 is 0.741 bits per heavy atom. The Bertz CT molecular complexity index is 850. The van der Waals surface area contributed by atoms with Crippen LogP contribution in [0.2, 0.25) is 0 Å². The molecule has 2 atom stereocenters. The van der Waals surface area contributed by atoms with E-state index in [0.717, 1.165) is 0 Å². The predicted molar refractivity (Wildman–Crippen MR) is 104 cm³/mol. The monoisotopic (exact) mass is 410 g/mol. The highest BCUT2D eigenvalue weighted by molar-refractivity contribution is 7.95. The molecule has 0 spiro atoms.